The molecule has 160 valence electrons. The van der Waals surface area contributed by atoms with Crippen molar-refractivity contribution in [2.75, 3.05) is 7.11 Å². The summed E-state index contributed by atoms with van der Waals surface area (Å²) in [5.74, 6) is 0.930. The average molecular weight is 427 g/mol. The zero-order valence-corrected chi connectivity index (χ0v) is 19.0. The lowest BCUT2D eigenvalue weighted by atomic mass is 9.91. The van der Waals surface area contributed by atoms with Crippen molar-refractivity contribution >= 4 is 17.5 Å². The second-order valence-corrected chi connectivity index (χ2v) is 9.20. The largest absolute Gasteiger partial charge is 0.496 e. The van der Waals surface area contributed by atoms with E-state index in [1.165, 1.54) is 29.5 Å². The fourth-order valence-electron chi connectivity index (χ4n) is 5.51. The standard InChI is InChI=1S/C25H31ClN2O2/c1-15-16(2)24(30-4)11-10-23(15)17(3)28-21-8-9-22(28)14-20(13-21)27-25(29)18-6-5-7-19(26)12-18/h5-7,10-12,17,20-22H,8-9,13-14H2,1-4H3,(H,27,29). The van der Waals surface area contributed by atoms with Crippen molar-refractivity contribution in [2.45, 2.75) is 70.6 Å². The molecule has 2 aliphatic heterocycles. The molecule has 2 bridgehead atoms. The van der Waals surface area contributed by atoms with Gasteiger partial charge in [0.25, 0.3) is 5.91 Å². The lowest BCUT2D eigenvalue weighted by Gasteiger charge is -2.43. The molecule has 2 fully saturated rings. The molecule has 1 amide bonds. The second kappa shape index (κ2) is 8.60. The van der Waals surface area contributed by atoms with Crippen LogP contribution in [0.25, 0.3) is 0 Å². The lowest BCUT2D eigenvalue weighted by Crippen LogP contribution is -2.51. The molecule has 3 atom stereocenters. The molecule has 2 aromatic carbocycles. The first kappa shape index (κ1) is 21.2. The Bertz CT molecular complexity index is 931. The summed E-state index contributed by atoms with van der Waals surface area (Å²) in [6.07, 6.45) is 4.40. The van der Waals surface area contributed by atoms with Crippen molar-refractivity contribution in [1.82, 2.24) is 10.2 Å². The van der Waals surface area contributed by atoms with E-state index in [1.54, 1.807) is 19.2 Å². The minimum Gasteiger partial charge on any atom is -0.496 e. The third-order valence-corrected chi connectivity index (χ3v) is 7.34. The van der Waals surface area contributed by atoms with Crippen molar-refractivity contribution in [1.29, 1.82) is 0 Å². The number of halogens is 1. The van der Waals surface area contributed by atoms with Crippen molar-refractivity contribution in [3.8, 4) is 5.75 Å². The molecule has 2 saturated heterocycles. The molecule has 0 aromatic heterocycles. The van der Waals surface area contributed by atoms with Crippen LogP contribution in [-0.2, 0) is 0 Å². The highest BCUT2D eigenvalue weighted by atomic mass is 35.5. The number of nitrogens with one attached hydrogen (secondary N) is 1. The number of benzene rings is 2. The van der Waals surface area contributed by atoms with Gasteiger partial charge in [-0.3, -0.25) is 9.69 Å². The topological polar surface area (TPSA) is 41.6 Å². The van der Waals surface area contributed by atoms with Gasteiger partial charge in [-0.25, -0.2) is 0 Å². The predicted octanol–water partition coefficient (Wildman–Crippen LogP) is 5.45. The predicted molar refractivity (Wildman–Crippen MR) is 121 cm³/mol. The Labute approximate surface area is 184 Å². The molecule has 0 saturated carbocycles. The Kier molecular flexibility index (Phi) is 6.08. The summed E-state index contributed by atoms with van der Waals surface area (Å²) in [5.41, 5.74) is 4.55. The quantitative estimate of drug-likeness (QED) is 0.690. The van der Waals surface area contributed by atoms with Gasteiger partial charge in [0.05, 0.1) is 7.11 Å². The fourth-order valence-corrected chi connectivity index (χ4v) is 5.70. The molecule has 0 radical (unpaired) electrons. The fraction of sp³-hybridized carbons (Fsp3) is 0.480. The molecule has 1 N–H and O–H groups in total. The molecular formula is C25H31ClN2O2. The molecule has 5 heteroatoms. The van der Waals surface area contributed by atoms with Crippen molar-refractivity contribution in [3.63, 3.8) is 0 Å². The van der Waals surface area contributed by atoms with Gasteiger partial charge in [-0.05, 0) is 87.4 Å². The molecule has 2 heterocycles. The van der Waals surface area contributed by atoms with Crippen LogP contribution >= 0.6 is 11.6 Å². The van der Waals surface area contributed by atoms with E-state index in [-0.39, 0.29) is 11.9 Å². The van der Waals surface area contributed by atoms with Crippen LogP contribution in [0.2, 0.25) is 5.02 Å². The van der Waals surface area contributed by atoms with Crippen LogP contribution in [0.15, 0.2) is 36.4 Å². The van der Waals surface area contributed by atoms with E-state index in [1.807, 2.05) is 12.1 Å². The molecule has 3 unspecified atom stereocenters. The van der Waals surface area contributed by atoms with Gasteiger partial charge in [0.1, 0.15) is 5.75 Å². The van der Waals surface area contributed by atoms with Crippen LogP contribution < -0.4 is 10.1 Å². The first-order valence-electron chi connectivity index (χ1n) is 10.9. The maximum Gasteiger partial charge on any atom is 0.251 e. The van der Waals surface area contributed by atoms with Crippen LogP contribution in [0, 0.1) is 13.8 Å². The molecule has 2 aromatic rings. The number of carbonyl (C=O) groups is 1. The summed E-state index contributed by atoms with van der Waals surface area (Å²) in [6.45, 7) is 6.66. The Morgan fingerprint density at radius 3 is 2.47 bits per heavy atom. The van der Waals surface area contributed by atoms with Crippen LogP contribution in [0.5, 0.6) is 5.75 Å². The average Bonchev–Trinajstić information content (AvgIpc) is 3.00. The van der Waals surface area contributed by atoms with Crippen molar-refractivity contribution < 1.29 is 9.53 Å². The number of methoxy groups -OCH3 is 1. The summed E-state index contributed by atoms with van der Waals surface area (Å²) < 4.78 is 5.49. The lowest BCUT2D eigenvalue weighted by molar-refractivity contribution is 0.0689. The van der Waals surface area contributed by atoms with Crippen LogP contribution in [0.1, 0.15) is 65.7 Å². The summed E-state index contributed by atoms with van der Waals surface area (Å²) in [5, 5.41) is 3.85. The van der Waals surface area contributed by atoms with Crippen LogP contribution in [-0.4, -0.2) is 36.0 Å². The van der Waals surface area contributed by atoms with E-state index >= 15 is 0 Å². The summed E-state index contributed by atoms with van der Waals surface area (Å²) in [4.78, 5) is 15.4. The Morgan fingerprint density at radius 2 is 1.83 bits per heavy atom. The van der Waals surface area contributed by atoms with Gasteiger partial charge in [-0.15, -0.1) is 0 Å². The maximum atomic E-state index is 12.7. The van der Waals surface area contributed by atoms with Crippen molar-refractivity contribution in [3.05, 3.63) is 63.7 Å². The van der Waals surface area contributed by atoms with E-state index in [0.29, 0.717) is 28.7 Å². The Balaban J connectivity index is 1.47. The minimum atomic E-state index is -0.0231. The number of piperidine rings is 1. The number of nitrogens with zero attached hydrogens (tertiary/aromatic N) is 1. The highest BCUT2D eigenvalue weighted by Gasteiger charge is 2.43. The normalized spacial score (nSPS) is 24.5. The summed E-state index contributed by atoms with van der Waals surface area (Å²) in [6, 6.07) is 13.1. The Hall–Kier alpha value is -2.04. The zero-order chi connectivity index (χ0) is 21.4. The van der Waals surface area contributed by atoms with E-state index in [4.69, 9.17) is 16.3 Å². The van der Waals surface area contributed by atoms with Gasteiger partial charge < -0.3 is 10.1 Å². The number of fused-ring (bicyclic) bond motifs is 2. The monoisotopic (exact) mass is 426 g/mol. The molecule has 0 spiro atoms. The first-order chi connectivity index (χ1) is 14.4. The molecule has 30 heavy (non-hydrogen) atoms. The highest BCUT2D eigenvalue weighted by molar-refractivity contribution is 6.30. The number of ether oxygens (including phenoxy) is 1. The molecular weight excluding hydrogens is 396 g/mol. The van der Waals surface area contributed by atoms with Gasteiger partial charge in [-0.1, -0.05) is 23.7 Å². The van der Waals surface area contributed by atoms with Gasteiger partial charge in [0.2, 0.25) is 0 Å². The molecule has 4 nitrogen and oxygen atoms in total. The first-order valence-corrected chi connectivity index (χ1v) is 11.2. The molecule has 4 rings (SSSR count). The van der Waals surface area contributed by atoms with Gasteiger partial charge in [0.15, 0.2) is 0 Å². The highest BCUT2D eigenvalue weighted by Crippen LogP contribution is 2.43. The number of amides is 1. The SMILES string of the molecule is COc1ccc(C(C)N2C3CCC2CC(NC(=O)c2cccc(Cl)c2)C3)c(C)c1C. The number of carbonyl (C=O) groups excluding carboxylic acids is 1. The third-order valence-electron chi connectivity index (χ3n) is 7.11. The maximum absolute atomic E-state index is 12.7. The number of rotatable bonds is 5. The van der Waals surface area contributed by atoms with Gasteiger partial charge in [0, 0.05) is 34.8 Å². The third kappa shape index (κ3) is 3.95. The number of hydrogen-bond acceptors (Lipinski definition) is 3. The van der Waals surface area contributed by atoms with E-state index in [9.17, 15) is 4.79 Å². The minimum absolute atomic E-state index is 0.0231. The zero-order valence-electron chi connectivity index (χ0n) is 18.2. The van der Waals surface area contributed by atoms with Crippen LogP contribution in [0.3, 0.4) is 0 Å². The van der Waals surface area contributed by atoms with Gasteiger partial charge in [-0.2, -0.15) is 0 Å². The smallest absolute Gasteiger partial charge is 0.251 e. The number of hydrogen-bond donors (Lipinski definition) is 1. The molecule has 0 aliphatic carbocycles. The van der Waals surface area contributed by atoms with Gasteiger partial charge >= 0.3 is 0 Å². The summed E-state index contributed by atoms with van der Waals surface area (Å²) in [7, 11) is 1.73. The van der Waals surface area contributed by atoms with Crippen LogP contribution in [0.4, 0.5) is 0 Å². The van der Waals surface area contributed by atoms with Crippen molar-refractivity contribution in [2.24, 2.45) is 0 Å². The molecule has 2 aliphatic rings. The van der Waals surface area contributed by atoms with E-state index in [0.717, 1.165) is 18.6 Å². The van der Waals surface area contributed by atoms with E-state index < -0.39 is 0 Å². The second-order valence-electron chi connectivity index (χ2n) is 8.77. The summed E-state index contributed by atoms with van der Waals surface area (Å²) >= 11 is 6.05. The Morgan fingerprint density at radius 1 is 1.13 bits per heavy atom. The van der Waals surface area contributed by atoms with E-state index in [2.05, 4.69) is 43.1 Å².